The van der Waals surface area contributed by atoms with Gasteiger partial charge >= 0.3 is 8.60 Å². The van der Waals surface area contributed by atoms with Gasteiger partial charge in [0.15, 0.2) is 6.29 Å². The second kappa shape index (κ2) is 11.0. The Bertz CT molecular complexity index is 814. The highest BCUT2D eigenvalue weighted by atomic mass is 31.2. The van der Waals surface area contributed by atoms with Gasteiger partial charge in [-0.05, 0) is 48.2 Å². The van der Waals surface area contributed by atoms with Gasteiger partial charge in [-0.3, -0.25) is 4.52 Å². The largest absolute Gasteiger partial charge is 0.465 e. The van der Waals surface area contributed by atoms with Gasteiger partial charge in [0, 0.05) is 0 Å². The minimum absolute atomic E-state index is 0.436. The van der Waals surface area contributed by atoms with Crippen LogP contribution in [0.1, 0.15) is 37.8 Å². The Balaban J connectivity index is 1.63. The van der Waals surface area contributed by atoms with Crippen molar-refractivity contribution in [2.24, 2.45) is 0 Å². The van der Waals surface area contributed by atoms with Gasteiger partial charge in [0.1, 0.15) is 11.5 Å². The van der Waals surface area contributed by atoms with Crippen LogP contribution in [0.3, 0.4) is 0 Å². The van der Waals surface area contributed by atoms with Gasteiger partial charge in [0.05, 0.1) is 6.61 Å². The van der Waals surface area contributed by atoms with E-state index >= 15 is 0 Å². The molecule has 0 spiro atoms. The fraction of sp³-hybridized carbons (Fsp3) is 0.250. The molecule has 152 valence electrons. The summed E-state index contributed by atoms with van der Waals surface area (Å²) in [5.74, 6) is 1.81. The zero-order chi connectivity index (χ0) is 20.5. The van der Waals surface area contributed by atoms with E-state index in [1.165, 1.54) is 5.56 Å². The maximum Gasteiger partial charge on any atom is 0.465 e. The van der Waals surface area contributed by atoms with Gasteiger partial charge in [-0.1, -0.05) is 74.5 Å². The summed E-state index contributed by atoms with van der Waals surface area (Å²) in [5.41, 5.74) is 2.44. The van der Waals surface area contributed by atoms with Crippen molar-refractivity contribution < 1.29 is 18.3 Å². The maximum absolute atomic E-state index is 5.98. The van der Waals surface area contributed by atoms with Gasteiger partial charge in [0.25, 0.3) is 0 Å². The number of benzene rings is 3. The molecule has 0 aliphatic rings. The lowest BCUT2D eigenvalue weighted by atomic mass is 9.98. The van der Waals surface area contributed by atoms with E-state index in [0.29, 0.717) is 24.0 Å². The number of hydrogen-bond donors (Lipinski definition) is 0. The molecule has 3 aromatic carbocycles. The zero-order valence-corrected chi connectivity index (χ0v) is 17.9. The van der Waals surface area contributed by atoms with Crippen molar-refractivity contribution in [2.75, 3.05) is 0 Å². The van der Waals surface area contributed by atoms with E-state index in [1.54, 1.807) is 0 Å². The van der Waals surface area contributed by atoms with Crippen LogP contribution in [0, 0.1) is 0 Å². The molecular formula is C24H27O4P. The first-order valence-electron chi connectivity index (χ1n) is 9.74. The minimum atomic E-state index is -1.68. The summed E-state index contributed by atoms with van der Waals surface area (Å²) in [4.78, 5) is 0. The Labute approximate surface area is 174 Å². The second-order valence-electron chi connectivity index (χ2n) is 6.87. The highest BCUT2D eigenvalue weighted by molar-refractivity contribution is 7.42. The zero-order valence-electron chi connectivity index (χ0n) is 17.0. The Morgan fingerprint density at radius 2 is 1.21 bits per heavy atom. The van der Waals surface area contributed by atoms with Crippen LogP contribution in [-0.4, -0.2) is 6.29 Å². The predicted octanol–water partition coefficient (Wildman–Crippen LogP) is 7.07. The molecule has 0 heterocycles. The van der Waals surface area contributed by atoms with E-state index in [9.17, 15) is 0 Å². The second-order valence-corrected chi connectivity index (χ2v) is 7.89. The van der Waals surface area contributed by atoms with Crippen LogP contribution in [0.25, 0.3) is 0 Å². The summed E-state index contributed by atoms with van der Waals surface area (Å²) in [6.45, 7) is 6.68. The molecule has 0 aliphatic heterocycles. The third-order valence-corrected chi connectivity index (χ3v) is 5.42. The number of hydrogen-bond acceptors (Lipinski definition) is 4. The van der Waals surface area contributed by atoms with Gasteiger partial charge in [-0.25, -0.2) is 0 Å². The minimum Gasteiger partial charge on any atom is -0.418 e. The monoisotopic (exact) mass is 410 g/mol. The normalized spacial score (nSPS) is 12.2. The summed E-state index contributed by atoms with van der Waals surface area (Å²) in [6.07, 6.45) is -0.492. The van der Waals surface area contributed by atoms with Crippen molar-refractivity contribution in [3.63, 3.8) is 0 Å². The molecule has 3 aromatic rings. The molecule has 1 atom stereocenters. The molecule has 0 radical (unpaired) electrons. The molecule has 5 heteroatoms. The van der Waals surface area contributed by atoms with Gasteiger partial charge < -0.3 is 13.8 Å². The summed E-state index contributed by atoms with van der Waals surface area (Å²) < 4.78 is 23.8. The first-order valence-corrected chi connectivity index (χ1v) is 10.8. The van der Waals surface area contributed by atoms with Crippen LogP contribution in [0.4, 0.5) is 0 Å². The topological polar surface area (TPSA) is 36.9 Å². The molecule has 0 saturated carbocycles. The van der Waals surface area contributed by atoms with Crippen molar-refractivity contribution in [3.05, 3.63) is 96.1 Å². The van der Waals surface area contributed by atoms with Gasteiger partial charge in [-0.15, -0.1) is 0 Å². The van der Waals surface area contributed by atoms with Crippen molar-refractivity contribution in [3.8, 4) is 11.5 Å². The number of rotatable bonds is 10. The summed E-state index contributed by atoms with van der Waals surface area (Å²) in [5, 5.41) is 0. The van der Waals surface area contributed by atoms with E-state index in [2.05, 4.69) is 32.0 Å². The summed E-state index contributed by atoms with van der Waals surface area (Å²) >= 11 is 0. The molecule has 0 amide bonds. The lowest BCUT2D eigenvalue weighted by Crippen LogP contribution is -2.14. The Morgan fingerprint density at radius 3 is 1.76 bits per heavy atom. The van der Waals surface area contributed by atoms with Crippen LogP contribution in [0.15, 0.2) is 84.9 Å². The standard InChI is InChI=1S/C24H27O4P/c1-19(2)24-17-11-10-12-21(24)18-25-20(3)26-29(27-22-13-6-4-7-14-22)28-23-15-8-5-9-16-23/h4-17,19-20H,18H2,1-3H3. The molecule has 0 aliphatic carbocycles. The number of para-hydroxylation sites is 2. The highest BCUT2D eigenvalue weighted by Crippen LogP contribution is 2.42. The fourth-order valence-electron chi connectivity index (χ4n) is 2.78. The van der Waals surface area contributed by atoms with Crippen LogP contribution >= 0.6 is 8.60 Å². The molecule has 0 N–H and O–H groups in total. The molecule has 29 heavy (non-hydrogen) atoms. The van der Waals surface area contributed by atoms with Crippen LogP contribution in [-0.2, 0) is 15.9 Å². The third kappa shape index (κ3) is 6.86. The maximum atomic E-state index is 5.98. The third-order valence-electron chi connectivity index (χ3n) is 4.23. The molecule has 0 saturated heterocycles. The van der Waals surface area contributed by atoms with Crippen LogP contribution in [0.2, 0.25) is 0 Å². The molecular weight excluding hydrogens is 383 g/mol. The fourth-order valence-corrected chi connectivity index (χ4v) is 3.80. The molecule has 3 rings (SSSR count). The van der Waals surface area contributed by atoms with Crippen molar-refractivity contribution >= 4 is 8.60 Å². The first kappa shape index (κ1) is 21.3. The van der Waals surface area contributed by atoms with E-state index in [1.807, 2.05) is 73.7 Å². The van der Waals surface area contributed by atoms with E-state index in [-0.39, 0.29) is 0 Å². The van der Waals surface area contributed by atoms with E-state index < -0.39 is 14.9 Å². The lowest BCUT2D eigenvalue weighted by Gasteiger charge is -2.22. The van der Waals surface area contributed by atoms with Gasteiger partial charge in [0.2, 0.25) is 0 Å². The van der Waals surface area contributed by atoms with Crippen LogP contribution < -0.4 is 9.05 Å². The number of ether oxygens (including phenoxy) is 1. The average Bonchev–Trinajstić information content (AvgIpc) is 2.74. The highest BCUT2D eigenvalue weighted by Gasteiger charge is 2.21. The smallest absolute Gasteiger partial charge is 0.418 e. The molecule has 0 bridgehead atoms. The van der Waals surface area contributed by atoms with E-state index in [4.69, 9.17) is 18.3 Å². The lowest BCUT2D eigenvalue weighted by molar-refractivity contribution is -0.0792. The molecule has 4 nitrogen and oxygen atoms in total. The molecule has 0 fully saturated rings. The molecule has 1 unspecified atom stereocenters. The summed E-state index contributed by atoms with van der Waals surface area (Å²) in [7, 11) is -1.68. The van der Waals surface area contributed by atoms with Crippen molar-refractivity contribution in [1.29, 1.82) is 0 Å². The Kier molecular flexibility index (Phi) is 8.06. The SMILES string of the molecule is CC(OCc1ccccc1C(C)C)OP(Oc1ccccc1)Oc1ccccc1. The molecule has 0 aromatic heterocycles. The Morgan fingerprint density at radius 1 is 0.690 bits per heavy atom. The van der Waals surface area contributed by atoms with Crippen LogP contribution in [0.5, 0.6) is 11.5 Å². The predicted molar refractivity (Wildman–Crippen MR) is 117 cm³/mol. The van der Waals surface area contributed by atoms with Crippen molar-refractivity contribution in [1.82, 2.24) is 0 Å². The first-order chi connectivity index (χ1) is 14.1. The Hall–Kier alpha value is -2.39. The van der Waals surface area contributed by atoms with Gasteiger partial charge in [-0.2, -0.15) is 0 Å². The quantitative estimate of drug-likeness (QED) is 0.264. The average molecular weight is 410 g/mol. The van der Waals surface area contributed by atoms with Crippen molar-refractivity contribution in [2.45, 2.75) is 39.6 Å². The summed E-state index contributed by atoms with van der Waals surface area (Å²) in [6, 6.07) is 27.3. The van der Waals surface area contributed by atoms with E-state index in [0.717, 1.165) is 5.56 Å².